The van der Waals surface area contributed by atoms with E-state index in [9.17, 15) is 9.59 Å². The summed E-state index contributed by atoms with van der Waals surface area (Å²) in [6, 6.07) is 0. The van der Waals surface area contributed by atoms with E-state index in [4.69, 9.17) is 4.74 Å². The molecule has 4 atom stereocenters. The third kappa shape index (κ3) is 4.78. The van der Waals surface area contributed by atoms with Crippen LogP contribution in [-0.4, -0.2) is 37.7 Å². The van der Waals surface area contributed by atoms with Gasteiger partial charge < -0.3 is 14.8 Å². The number of carbonyl (C=O) groups excluding carboxylic acids is 2. The van der Waals surface area contributed by atoms with Crippen LogP contribution in [0.5, 0.6) is 0 Å². The zero-order valence-corrected chi connectivity index (χ0v) is 13.0. The van der Waals surface area contributed by atoms with Crippen LogP contribution < -0.4 is 5.32 Å². The van der Waals surface area contributed by atoms with Crippen LogP contribution in [0, 0.1) is 11.8 Å². The fourth-order valence-corrected chi connectivity index (χ4v) is 2.72. The van der Waals surface area contributed by atoms with Crippen molar-refractivity contribution in [2.45, 2.75) is 58.7 Å². The molecule has 5 nitrogen and oxygen atoms in total. The van der Waals surface area contributed by atoms with Gasteiger partial charge in [-0.05, 0) is 32.6 Å². The Balaban J connectivity index is 2.16. The molecule has 20 heavy (non-hydrogen) atoms. The minimum absolute atomic E-state index is 0.0145. The van der Waals surface area contributed by atoms with Gasteiger partial charge in [-0.25, -0.2) is 0 Å². The van der Waals surface area contributed by atoms with E-state index in [0.717, 1.165) is 19.3 Å². The Hall–Kier alpha value is -1.10. The van der Waals surface area contributed by atoms with E-state index in [1.807, 2.05) is 13.8 Å². The molecule has 4 unspecified atom stereocenters. The minimum Gasteiger partial charge on any atom is -0.469 e. The van der Waals surface area contributed by atoms with Crippen LogP contribution in [0.3, 0.4) is 0 Å². The molecule has 0 bridgehead atoms. The summed E-state index contributed by atoms with van der Waals surface area (Å²) in [6.07, 6.45) is 3.18. The average Bonchev–Trinajstić information content (AvgIpc) is 2.66. The smallest absolute Gasteiger partial charge is 0.305 e. The highest BCUT2D eigenvalue weighted by atomic mass is 16.5. The first-order chi connectivity index (χ1) is 9.47. The monoisotopic (exact) mass is 285 g/mol. The maximum atomic E-state index is 12.1. The summed E-state index contributed by atoms with van der Waals surface area (Å²) in [5.74, 6) is 0.112. The Morgan fingerprint density at radius 2 is 1.80 bits per heavy atom. The second-order valence-corrected chi connectivity index (χ2v) is 5.61. The third-order valence-corrected chi connectivity index (χ3v) is 4.13. The van der Waals surface area contributed by atoms with Gasteiger partial charge in [0, 0.05) is 13.0 Å². The van der Waals surface area contributed by atoms with Crippen molar-refractivity contribution in [3.05, 3.63) is 0 Å². The van der Waals surface area contributed by atoms with E-state index in [0.29, 0.717) is 13.0 Å². The molecule has 5 heteroatoms. The number of ether oxygens (including phenoxy) is 2. The first kappa shape index (κ1) is 17.0. The van der Waals surface area contributed by atoms with Crippen molar-refractivity contribution >= 4 is 11.9 Å². The summed E-state index contributed by atoms with van der Waals surface area (Å²) in [4.78, 5) is 23.1. The first-order valence-electron chi connectivity index (χ1n) is 7.47. The highest BCUT2D eigenvalue weighted by Crippen LogP contribution is 2.32. The molecule has 0 aromatic carbocycles. The normalized spacial score (nSPS) is 29.2. The zero-order chi connectivity index (χ0) is 15.1. The molecule has 116 valence electrons. The molecular formula is C15H27NO4. The number of hydrogen-bond acceptors (Lipinski definition) is 4. The molecular weight excluding hydrogens is 258 g/mol. The van der Waals surface area contributed by atoms with Gasteiger partial charge in [-0.3, -0.25) is 9.59 Å². The lowest BCUT2D eigenvalue weighted by molar-refractivity contribution is -0.140. The minimum atomic E-state index is -0.172. The van der Waals surface area contributed by atoms with Crippen LogP contribution in [0.2, 0.25) is 0 Å². The van der Waals surface area contributed by atoms with Gasteiger partial charge in [-0.2, -0.15) is 0 Å². The molecule has 1 N–H and O–H groups in total. The molecule has 1 aliphatic rings. The van der Waals surface area contributed by atoms with Crippen molar-refractivity contribution in [3.63, 3.8) is 0 Å². The predicted octanol–water partition coefficient (Wildman–Crippen LogP) is 1.90. The largest absolute Gasteiger partial charge is 0.469 e. The van der Waals surface area contributed by atoms with Gasteiger partial charge in [-0.1, -0.05) is 13.3 Å². The maximum absolute atomic E-state index is 12.1. The number of unbranched alkanes of at least 4 members (excludes halogenated alkanes) is 2. The topological polar surface area (TPSA) is 64.6 Å². The molecule has 1 saturated heterocycles. The van der Waals surface area contributed by atoms with Crippen molar-refractivity contribution in [1.82, 2.24) is 5.32 Å². The lowest BCUT2D eigenvalue weighted by Gasteiger charge is -2.17. The van der Waals surface area contributed by atoms with Gasteiger partial charge in [0.05, 0.1) is 25.2 Å². The van der Waals surface area contributed by atoms with Crippen molar-refractivity contribution < 1.29 is 19.1 Å². The van der Waals surface area contributed by atoms with Gasteiger partial charge in [-0.15, -0.1) is 0 Å². The lowest BCUT2D eigenvalue weighted by atomic mass is 9.89. The highest BCUT2D eigenvalue weighted by molar-refractivity contribution is 5.79. The van der Waals surface area contributed by atoms with Crippen molar-refractivity contribution in [2.24, 2.45) is 11.8 Å². The number of rotatable bonds is 7. The zero-order valence-electron chi connectivity index (χ0n) is 13.0. The summed E-state index contributed by atoms with van der Waals surface area (Å²) in [7, 11) is 1.40. The fraction of sp³-hybridized carbons (Fsp3) is 0.867. The number of nitrogens with one attached hydrogen (secondary N) is 1. The van der Waals surface area contributed by atoms with E-state index in [-0.39, 0.29) is 35.9 Å². The fourth-order valence-electron chi connectivity index (χ4n) is 2.72. The molecule has 0 aliphatic carbocycles. The maximum Gasteiger partial charge on any atom is 0.305 e. The third-order valence-electron chi connectivity index (χ3n) is 4.13. The molecule has 1 heterocycles. The van der Waals surface area contributed by atoms with E-state index in [1.165, 1.54) is 7.11 Å². The highest BCUT2D eigenvalue weighted by Gasteiger charge is 2.41. The number of amides is 1. The molecule has 0 aromatic heterocycles. The van der Waals surface area contributed by atoms with Crippen LogP contribution >= 0.6 is 0 Å². The Morgan fingerprint density at radius 3 is 2.35 bits per heavy atom. The van der Waals surface area contributed by atoms with Crippen LogP contribution in [-0.2, 0) is 19.1 Å². The molecule has 1 fully saturated rings. The Labute approximate surface area is 121 Å². The number of carbonyl (C=O) groups is 2. The van der Waals surface area contributed by atoms with Crippen LogP contribution in [0.1, 0.15) is 46.5 Å². The van der Waals surface area contributed by atoms with Crippen molar-refractivity contribution in [1.29, 1.82) is 0 Å². The van der Waals surface area contributed by atoms with E-state index < -0.39 is 0 Å². The molecule has 0 radical (unpaired) electrons. The van der Waals surface area contributed by atoms with E-state index in [2.05, 4.69) is 17.0 Å². The first-order valence-corrected chi connectivity index (χ1v) is 7.47. The molecule has 0 aromatic rings. The van der Waals surface area contributed by atoms with Crippen LogP contribution in [0.4, 0.5) is 0 Å². The molecule has 0 saturated carbocycles. The van der Waals surface area contributed by atoms with Gasteiger partial charge in [0.25, 0.3) is 0 Å². The van der Waals surface area contributed by atoms with E-state index in [1.54, 1.807) is 0 Å². The Kier molecular flexibility index (Phi) is 6.99. The van der Waals surface area contributed by atoms with Crippen LogP contribution in [0.25, 0.3) is 0 Å². The predicted molar refractivity (Wildman–Crippen MR) is 76.2 cm³/mol. The van der Waals surface area contributed by atoms with Crippen molar-refractivity contribution in [2.75, 3.05) is 13.7 Å². The Bertz CT molecular complexity index is 332. The quantitative estimate of drug-likeness (QED) is 0.573. The molecule has 0 spiro atoms. The van der Waals surface area contributed by atoms with Gasteiger partial charge >= 0.3 is 5.97 Å². The van der Waals surface area contributed by atoms with E-state index >= 15 is 0 Å². The van der Waals surface area contributed by atoms with Crippen LogP contribution in [0.15, 0.2) is 0 Å². The average molecular weight is 285 g/mol. The second-order valence-electron chi connectivity index (χ2n) is 5.61. The molecule has 1 aliphatic heterocycles. The van der Waals surface area contributed by atoms with Gasteiger partial charge in [0.2, 0.25) is 5.91 Å². The standard InChI is InChI=1S/C15H27NO4/c1-10-11(2)20-12(3)14(10)15(18)16-9-7-5-6-8-13(17)19-4/h10-12,14H,5-9H2,1-4H3,(H,16,18). The SMILES string of the molecule is COC(=O)CCCCCNC(=O)C1C(C)OC(C)C1C. The Morgan fingerprint density at radius 1 is 1.10 bits per heavy atom. The summed E-state index contributed by atoms with van der Waals surface area (Å²) < 4.78 is 10.3. The van der Waals surface area contributed by atoms with Gasteiger partial charge in [0.15, 0.2) is 0 Å². The summed E-state index contributed by atoms with van der Waals surface area (Å²) in [6.45, 7) is 6.70. The lowest BCUT2D eigenvalue weighted by Crippen LogP contribution is -2.37. The number of esters is 1. The molecule has 1 amide bonds. The summed E-state index contributed by atoms with van der Waals surface area (Å²) in [5.41, 5.74) is 0. The van der Waals surface area contributed by atoms with Gasteiger partial charge in [0.1, 0.15) is 0 Å². The number of hydrogen-bond donors (Lipinski definition) is 1. The summed E-state index contributed by atoms with van der Waals surface area (Å²) >= 11 is 0. The number of methoxy groups -OCH3 is 1. The van der Waals surface area contributed by atoms with Crippen molar-refractivity contribution in [3.8, 4) is 0 Å². The molecule has 1 rings (SSSR count). The summed E-state index contributed by atoms with van der Waals surface area (Å²) in [5, 5.41) is 2.97. The second kappa shape index (κ2) is 8.25.